The number of hydrogen-bond acceptors (Lipinski definition) is 4. The maximum Gasteiger partial charge on any atom is 0.308 e. The number of hydrogen-bond donors (Lipinski definition) is 1. The highest BCUT2D eigenvalue weighted by atomic mass is 79.9. The van der Waals surface area contributed by atoms with Gasteiger partial charge in [-0.05, 0) is 74.0 Å². The summed E-state index contributed by atoms with van der Waals surface area (Å²) in [6.45, 7) is 5.21. The van der Waals surface area contributed by atoms with Gasteiger partial charge in [0, 0.05) is 34.2 Å². The van der Waals surface area contributed by atoms with Gasteiger partial charge in [0.15, 0.2) is 0 Å². The van der Waals surface area contributed by atoms with Crippen LogP contribution in [0.3, 0.4) is 0 Å². The van der Waals surface area contributed by atoms with Gasteiger partial charge >= 0.3 is 5.97 Å². The SMILES string of the molecule is CC(=O)Oc1ccc(-n2c(C)cc(/C=C(/C#N)C(=O)Nc3cccc(Br)c3)c2C)cc1. The van der Waals surface area contributed by atoms with Gasteiger partial charge in [0.25, 0.3) is 5.91 Å². The van der Waals surface area contributed by atoms with E-state index in [2.05, 4.69) is 21.2 Å². The molecule has 1 aromatic heterocycles. The van der Waals surface area contributed by atoms with Crippen molar-refractivity contribution in [2.24, 2.45) is 0 Å². The monoisotopic (exact) mass is 477 g/mol. The molecule has 0 atom stereocenters. The first-order valence-electron chi connectivity index (χ1n) is 9.45. The molecule has 1 amide bonds. The molecule has 0 saturated carbocycles. The Bertz CT molecular complexity index is 1220. The minimum Gasteiger partial charge on any atom is -0.427 e. The van der Waals surface area contributed by atoms with E-state index >= 15 is 0 Å². The molecule has 0 aliphatic heterocycles. The smallest absolute Gasteiger partial charge is 0.308 e. The Balaban J connectivity index is 1.89. The van der Waals surface area contributed by atoms with E-state index in [1.165, 1.54) is 6.92 Å². The molecule has 0 spiro atoms. The largest absolute Gasteiger partial charge is 0.427 e. The summed E-state index contributed by atoms with van der Waals surface area (Å²) >= 11 is 3.36. The van der Waals surface area contributed by atoms with E-state index in [1.807, 2.05) is 48.7 Å². The maximum absolute atomic E-state index is 12.6. The van der Waals surface area contributed by atoms with Crippen molar-refractivity contribution in [3.63, 3.8) is 0 Å². The third-order valence-electron chi connectivity index (χ3n) is 4.57. The van der Waals surface area contributed by atoms with Crippen LogP contribution in [0.1, 0.15) is 23.9 Å². The first-order chi connectivity index (χ1) is 14.8. The second-order valence-electron chi connectivity index (χ2n) is 6.88. The molecule has 0 aliphatic carbocycles. The molecule has 0 saturated heterocycles. The van der Waals surface area contributed by atoms with Gasteiger partial charge in [-0.1, -0.05) is 22.0 Å². The van der Waals surface area contributed by atoms with Gasteiger partial charge in [-0.2, -0.15) is 5.26 Å². The molecular weight excluding hydrogens is 458 g/mol. The number of aromatic nitrogens is 1. The first kappa shape index (κ1) is 22.1. The van der Waals surface area contributed by atoms with Crippen LogP contribution in [0.4, 0.5) is 5.69 Å². The van der Waals surface area contributed by atoms with Crippen molar-refractivity contribution in [1.82, 2.24) is 4.57 Å². The zero-order valence-electron chi connectivity index (χ0n) is 17.3. The van der Waals surface area contributed by atoms with Crippen molar-refractivity contribution in [3.05, 3.63) is 81.6 Å². The second kappa shape index (κ2) is 9.45. The zero-order chi connectivity index (χ0) is 22.5. The molecule has 0 unspecified atom stereocenters. The number of carbonyl (C=O) groups is 2. The Morgan fingerprint density at radius 1 is 1.13 bits per heavy atom. The van der Waals surface area contributed by atoms with Crippen LogP contribution < -0.4 is 10.1 Å². The van der Waals surface area contributed by atoms with Gasteiger partial charge in [0.2, 0.25) is 0 Å². The number of nitrogens with one attached hydrogen (secondary N) is 1. The number of rotatable bonds is 5. The van der Waals surface area contributed by atoms with Crippen LogP contribution in [-0.4, -0.2) is 16.4 Å². The van der Waals surface area contributed by atoms with Crippen LogP contribution in [-0.2, 0) is 9.59 Å². The summed E-state index contributed by atoms with van der Waals surface area (Å²) in [6.07, 6.45) is 1.58. The molecule has 3 aromatic rings. The summed E-state index contributed by atoms with van der Waals surface area (Å²) in [5, 5.41) is 12.3. The predicted octanol–water partition coefficient (Wildman–Crippen LogP) is 5.33. The molecule has 0 aliphatic rings. The van der Waals surface area contributed by atoms with Crippen LogP contribution in [0.5, 0.6) is 5.75 Å². The molecule has 2 aromatic carbocycles. The van der Waals surface area contributed by atoms with Crippen LogP contribution in [0.15, 0.2) is 64.6 Å². The Hall–Kier alpha value is -3.63. The third-order valence-corrected chi connectivity index (χ3v) is 5.07. The fraction of sp³-hybridized carbons (Fsp3) is 0.125. The first-order valence-corrected chi connectivity index (χ1v) is 10.2. The number of nitrogens with zero attached hydrogens (tertiary/aromatic N) is 2. The lowest BCUT2D eigenvalue weighted by molar-refractivity contribution is -0.131. The molecule has 6 nitrogen and oxygen atoms in total. The molecule has 7 heteroatoms. The molecule has 0 bridgehead atoms. The van der Waals surface area contributed by atoms with E-state index in [0.717, 1.165) is 27.1 Å². The fourth-order valence-corrected chi connectivity index (χ4v) is 3.63. The summed E-state index contributed by atoms with van der Waals surface area (Å²) in [6, 6.07) is 18.2. The van der Waals surface area contributed by atoms with Crippen LogP contribution in [0.2, 0.25) is 0 Å². The minimum atomic E-state index is -0.476. The molecule has 0 radical (unpaired) electrons. The van der Waals surface area contributed by atoms with Gasteiger partial charge in [-0.25, -0.2) is 0 Å². The number of ether oxygens (including phenoxy) is 1. The molecule has 1 N–H and O–H groups in total. The van der Waals surface area contributed by atoms with E-state index in [4.69, 9.17) is 4.74 Å². The van der Waals surface area contributed by atoms with E-state index in [1.54, 1.807) is 36.4 Å². The van der Waals surface area contributed by atoms with E-state index < -0.39 is 5.91 Å². The molecule has 3 rings (SSSR count). The highest BCUT2D eigenvalue weighted by molar-refractivity contribution is 9.10. The summed E-state index contributed by atoms with van der Waals surface area (Å²) in [4.78, 5) is 23.7. The average molecular weight is 478 g/mol. The zero-order valence-corrected chi connectivity index (χ0v) is 18.9. The second-order valence-corrected chi connectivity index (χ2v) is 7.80. The lowest BCUT2D eigenvalue weighted by Crippen LogP contribution is -2.13. The molecule has 31 heavy (non-hydrogen) atoms. The predicted molar refractivity (Wildman–Crippen MR) is 123 cm³/mol. The normalized spacial score (nSPS) is 11.0. The van der Waals surface area contributed by atoms with Gasteiger partial charge < -0.3 is 14.6 Å². The highest BCUT2D eigenvalue weighted by Gasteiger charge is 2.14. The number of esters is 1. The van der Waals surface area contributed by atoms with Crippen LogP contribution in [0, 0.1) is 25.2 Å². The van der Waals surface area contributed by atoms with Gasteiger partial charge in [-0.3, -0.25) is 9.59 Å². The summed E-state index contributed by atoms with van der Waals surface area (Å²) in [5.41, 5.74) is 4.06. The molecule has 156 valence electrons. The van der Waals surface area contributed by atoms with Crippen molar-refractivity contribution in [2.45, 2.75) is 20.8 Å². The highest BCUT2D eigenvalue weighted by Crippen LogP contribution is 2.25. The molecular formula is C24H20BrN3O3. The van der Waals surface area contributed by atoms with Crippen molar-refractivity contribution in [1.29, 1.82) is 5.26 Å². The van der Waals surface area contributed by atoms with Crippen molar-refractivity contribution in [2.75, 3.05) is 5.32 Å². The lowest BCUT2D eigenvalue weighted by Gasteiger charge is -2.10. The standard InChI is InChI=1S/C24H20BrN3O3/c1-15-11-18(12-19(14-26)24(30)27-21-6-4-5-20(25)13-21)16(2)28(15)22-7-9-23(10-8-22)31-17(3)29/h4-13H,1-3H3,(H,27,30)/b19-12-. The minimum absolute atomic E-state index is 0.00503. The Kier molecular flexibility index (Phi) is 6.73. The number of carbonyl (C=O) groups excluding carboxylic acids is 2. The number of halogens is 1. The molecule has 1 heterocycles. The van der Waals surface area contributed by atoms with Crippen molar-refractivity contribution in [3.8, 4) is 17.5 Å². The number of nitriles is 1. The molecule has 0 fully saturated rings. The van der Waals surface area contributed by atoms with Gasteiger partial charge in [0.1, 0.15) is 17.4 Å². The summed E-state index contributed by atoms with van der Waals surface area (Å²) < 4.78 is 7.91. The average Bonchev–Trinajstić information content (AvgIpc) is 2.99. The topological polar surface area (TPSA) is 84.1 Å². The number of anilines is 1. The van der Waals surface area contributed by atoms with Crippen molar-refractivity contribution < 1.29 is 14.3 Å². The van der Waals surface area contributed by atoms with E-state index in [9.17, 15) is 14.9 Å². The van der Waals surface area contributed by atoms with E-state index in [-0.39, 0.29) is 11.5 Å². The number of aryl methyl sites for hydroxylation is 1. The van der Waals surface area contributed by atoms with Gasteiger partial charge in [-0.15, -0.1) is 0 Å². The van der Waals surface area contributed by atoms with Gasteiger partial charge in [0.05, 0.1) is 0 Å². The summed E-state index contributed by atoms with van der Waals surface area (Å²) in [5.74, 6) is -0.385. The maximum atomic E-state index is 12.6. The fourth-order valence-electron chi connectivity index (χ4n) is 3.23. The third kappa shape index (κ3) is 5.30. The quantitative estimate of drug-likeness (QED) is 0.233. The van der Waals surface area contributed by atoms with E-state index in [0.29, 0.717) is 11.4 Å². The van der Waals surface area contributed by atoms with Crippen LogP contribution in [0.25, 0.3) is 11.8 Å². The summed E-state index contributed by atoms with van der Waals surface area (Å²) in [7, 11) is 0. The number of benzene rings is 2. The number of amides is 1. The Labute approximate surface area is 188 Å². The van der Waals surface area contributed by atoms with Crippen molar-refractivity contribution >= 4 is 39.6 Å². The Morgan fingerprint density at radius 2 is 1.84 bits per heavy atom. The Morgan fingerprint density at radius 3 is 2.45 bits per heavy atom. The van der Waals surface area contributed by atoms with Crippen LogP contribution >= 0.6 is 15.9 Å². The lowest BCUT2D eigenvalue weighted by atomic mass is 10.1.